The van der Waals surface area contributed by atoms with Crippen LogP contribution in [-0.2, 0) is 4.79 Å². The van der Waals surface area contributed by atoms with Crippen molar-refractivity contribution in [3.8, 4) is 6.07 Å². The molecule has 0 radical (unpaired) electrons. The molecule has 2 atom stereocenters. The summed E-state index contributed by atoms with van der Waals surface area (Å²) >= 11 is 5.48. The van der Waals surface area contributed by atoms with E-state index in [4.69, 9.17) is 12.2 Å². The second-order valence-electron chi connectivity index (χ2n) is 7.51. The van der Waals surface area contributed by atoms with E-state index in [0.717, 1.165) is 31.4 Å². The fourth-order valence-electron chi connectivity index (χ4n) is 4.64. The summed E-state index contributed by atoms with van der Waals surface area (Å²) < 4.78 is 0. The molecule has 3 nitrogen and oxygen atoms in total. The number of nitrogens with one attached hydrogen (secondary N) is 1. The van der Waals surface area contributed by atoms with E-state index in [1.165, 1.54) is 6.42 Å². The quantitative estimate of drug-likeness (QED) is 0.696. The van der Waals surface area contributed by atoms with Crippen molar-refractivity contribution in [1.29, 1.82) is 5.26 Å². The Morgan fingerprint density at radius 3 is 2.62 bits per heavy atom. The van der Waals surface area contributed by atoms with Crippen LogP contribution in [0.25, 0.3) is 0 Å². The highest BCUT2D eigenvalue weighted by Gasteiger charge is 2.56. The molecule has 0 unspecified atom stereocenters. The van der Waals surface area contributed by atoms with Gasteiger partial charge in [0.25, 0.3) is 0 Å². The smallest absolute Gasteiger partial charge is 0.143 e. The predicted molar refractivity (Wildman–Crippen MR) is 85.3 cm³/mol. The first-order valence-electron chi connectivity index (χ1n) is 7.86. The Morgan fingerprint density at radius 1 is 1.33 bits per heavy atom. The minimum absolute atomic E-state index is 0.124. The molecule has 112 valence electrons. The van der Waals surface area contributed by atoms with Gasteiger partial charge in [-0.05, 0) is 18.3 Å². The molecule has 1 saturated heterocycles. The zero-order valence-corrected chi connectivity index (χ0v) is 13.6. The predicted octanol–water partition coefficient (Wildman–Crippen LogP) is 3.51. The Balaban J connectivity index is 2.12. The highest BCUT2D eigenvalue weighted by molar-refractivity contribution is 7.80. The highest BCUT2D eigenvalue weighted by atomic mass is 32.1. The molecular weight excluding hydrogens is 280 g/mol. The normalized spacial score (nSPS) is 33.7. The van der Waals surface area contributed by atoms with Crippen LogP contribution in [0.1, 0.15) is 52.4 Å². The molecule has 0 aromatic heterocycles. The summed E-state index contributed by atoms with van der Waals surface area (Å²) in [7, 11) is 0. The van der Waals surface area contributed by atoms with Crippen LogP contribution in [0.15, 0.2) is 11.8 Å². The average Bonchev–Trinajstić information content (AvgIpc) is 2.37. The van der Waals surface area contributed by atoms with Crippen molar-refractivity contribution < 1.29 is 4.79 Å². The van der Waals surface area contributed by atoms with E-state index in [9.17, 15) is 10.1 Å². The van der Waals surface area contributed by atoms with Crippen molar-refractivity contribution in [2.75, 3.05) is 0 Å². The van der Waals surface area contributed by atoms with E-state index in [-0.39, 0.29) is 28.4 Å². The number of allylic oxidation sites excluding steroid dienone is 2. The van der Waals surface area contributed by atoms with Crippen LogP contribution < -0.4 is 5.32 Å². The molecule has 0 bridgehead atoms. The van der Waals surface area contributed by atoms with Gasteiger partial charge in [0, 0.05) is 17.5 Å². The van der Waals surface area contributed by atoms with Crippen LogP contribution in [0.3, 0.4) is 0 Å². The lowest BCUT2D eigenvalue weighted by Gasteiger charge is -2.52. The Hall–Kier alpha value is -1.21. The van der Waals surface area contributed by atoms with Crippen LogP contribution in [-0.4, -0.2) is 10.8 Å². The molecule has 0 amide bonds. The van der Waals surface area contributed by atoms with Crippen molar-refractivity contribution in [2.24, 2.45) is 22.7 Å². The zero-order valence-electron chi connectivity index (χ0n) is 12.7. The maximum absolute atomic E-state index is 12.9. The van der Waals surface area contributed by atoms with Crippen molar-refractivity contribution in [3.63, 3.8) is 0 Å². The van der Waals surface area contributed by atoms with E-state index in [1.807, 2.05) is 0 Å². The van der Waals surface area contributed by atoms with Crippen LogP contribution in [0.4, 0.5) is 0 Å². The monoisotopic (exact) mass is 302 g/mol. The third-order valence-corrected chi connectivity index (χ3v) is 5.74. The lowest BCUT2D eigenvalue weighted by molar-refractivity contribution is -0.130. The van der Waals surface area contributed by atoms with Gasteiger partial charge in [-0.3, -0.25) is 4.79 Å². The highest BCUT2D eigenvalue weighted by Crippen LogP contribution is 2.55. The summed E-state index contributed by atoms with van der Waals surface area (Å²) in [5.74, 6) is -0.183. The first-order chi connectivity index (χ1) is 9.89. The van der Waals surface area contributed by atoms with E-state index in [0.29, 0.717) is 11.4 Å². The summed E-state index contributed by atoms with van der Waals surface area (Å²) in [5, 5.41) is 12.9. The molecular formula is C17H22N2OS. The van der Waals surface area contributed by atoms with Crippen molar-refractivity contribution in [2.45, 2.75) is 52.4 Å². The summed E-state index contributed by atoms with van der Waals surface area (Å²) in [4.78, 5) is 13.5. The maximum Gasteiger partial charge on any atom is 0.143 e. The Labute approximate surface area is 131 Å². The number of Topliss-reactive ketones (excluding diaryl/α,β-unsaturated/α-hetero) is 1. The van der Waals surface area contributed by atoms with E-state index < -0.39 is 0 Å². The SMILES string of the molecule is CC1(C)C=C2NC(=S)[C@@H](C#N)C3(CCCCC3)[C@H]2C(=O)C1. The molecule has 21 heavy (non-hydrogen) atoms. The van der Waals surface area contributed by atoms with E-state index >= 15 is 0 Å². The van der Waals surface area contributed by atoms with Crippen LogP contribution in [0.5, 0.6) is 0 Å². The summed E-state index contributed by atoms with van der Waals surface area (Å²) in [5.41, 5.74) is 0.588. The molecule has 1 saturated carbocycles. The van der Waals surface area contributed by atoms with Gasteiger partial charge in [0.05, 0.1) is 17.0 Å². The topological polar surface area (TPSA) is 52.9 Å². The van der Waals surface area contributed by atoms with Crippen LogP contribution in [0.2, 0.25) is 0 Å². The minimum Gasteiger partial charge on any atom is -0.352 e. The van der Waals surface area contributed by atoms with Crippen molar-refractivity contribution in [3.05, 3.63) is 11.8 Å². The molecule has 3 aliphatic rings. The van der Waals surface area contributed by atoms with Gasteiger partial charge in [-0.25, -0.2) is 0 Å². The number of fused-ring (bicyclic) bond motifs is 2. The number of carbonyl (C=O) groups excluding carboxylic acids is 1. The maximum atomic E-state index is 12.9. The van der Waals surface area contributed by atoms with Crippen LogP contribution in [0, 0.1) is 34.0 Å². The summed E-state index contributed by atoms with van der Waals surface area (Å²) in [6.07, 6.45) is 8.03. The van der Waals surface area contributed by atoms with Gasteiger partial charge in [-0.15, -0.1) is 0 Å². The molecule has 3 rings (SSSR count). The van der Waals surface area contributed by atoms with Gasteiger partial charge in [-0.2, -0.15) is 5.26 Å². The third-order valence-electron chi connectivity index (χ3n) is 5.40. The molecule has 0 aromatic rings. The lowest BCUT2D eigenvalue weighted by atomic mass is 9.53. The van der Waals surface area contributed by atoms with Crippen molar-refractivity contribution >= 4 is 23.0 Å². The number of carbonyl (C=O) groups is 1. The molecule has 1 aliphatic heterocycles. The van der Waals surface area contributed by atoms with E-state index in [2.05, 4.69) is 31.3 Å². The second-order valence-corrected chi connectivity index (χ2v) is 7.95. The summed E-state index contributed by atoms with van der Waals surface area (Å²) in [6, 6.07) is 2.41. The Kier molecular flexibility index (Phi) is 3.44. The number of piperidine rings is 1. The molecule has 1 heterocycles. The third kappa shape index (κ3) is 2.23. The van der Waals surface area contributed by atoms with Gasteiger partial charge >= 0.3 is 0 Å². The number of ketones is 1. The molecule has 2 fully saturated rings. The number of rotatable bonds is 0. The van der Waals surface area contributed by atoms with E-state index in [1.54, 1.807) is 0 Å². The Morgan fingerprint density at radius 2 is 2.00 bits per heavy atom. The first kappa shape index (κ1) is 14.7. The average molecular weight is 302 g/mol. The fraction of sp³-hybridized carbons (Fsp3) is 0.706. The number of nitrogens with zero attached hydrogens (tertiary/aromatic N) is 1. The lowest BCUT2D eigenvalue weighted by Crippen LogP contribution is -2.57. The summed E-state index contributed by atoms with van der Waals surface area (Å²) in [6.45, 7) is 4.17. The number of thiocarbonyl (C=S) groups is 1. The number of hydrogen-bond donors (Lipinski definition) is 1. The minimum atomic E-state index is -0.319. The second kappa shape index (κ2) is 4.91. The first-order valence-corrected chi connectivity index (χ1v) is 8.26. The van der Waals surface area contributed by atoms with Gasteiger partial charge in [0.15, 0.2) is 0 Å². The van der Waals surface area contributed by atoms with Crippen molar-refractivity contribution in [1.82, 2.24) is 5.32 Å². The van der Waals surface area contributed by atoms with Gasteiger partial charge in [-0.1, -0.05) is 51.4 Å². The zero-order chi connectivity index (χ0) is 15.3. The molecule has 4 heteroatoms. The standard InChI is InChI=1S/C17H22N2OS/c1-16(2)8-12-14(13(20)9-16)17(6-4-3-5-7-17)11(10-18)15(21)19-12/h8,11,14H,3-7,9H2,1-2H3,(H,19,21)/t11-,14-/m1/s1. The van der Waals surface area contributed by atoms with Gasteiger partial charge in [0.1, 0.15) is 11.7 Å². The molecule has 2 aliphatic carbocycles. The fourth-order valence-corrected chi connectivity index (χ4v) is 5.04. The molecule has 0 aromatic carbocycles. The molecule has 1 N–H and O–H groups in total. The number of nitriles is 1. The molecule has 1 spiro atoms. The number of hydrogen-bond acceptors (Lipinski definition) is 3. The van der Waals surface area contributed by atoms with Gasteiger partial charge in [0.2, 0.25) is 0 Å². The Bertz CT molecular complexity index is 564. The van der Waals surface area contributed by atoms with Crippen LogP contribution >= 0.6 is 12.2 Å². The van der Waals surface area contributed by atoms with Gasteiger partial charge < -0.3 is 5.32 Å². The largest absolute Gasteiger partial charge is 0.352 e.